The van der Waals surface area contributed by atoms with E-state index >= 15 is 0 Å². The van der Waals surface area contributed by atoms with Crippen LogP contribution in [0.4, 0.5) is 4.79 Å². The standard InChI is InChI=1S/C29H40N4O2/c1-23(2)22-33-28(35)32(18-8-12-26-11-7-17-30-21-26)27(34)29(33)15-19-31(20-16-29)24(3)13-14-25-9-5-4-6-10-25/h4-7,9-11,17,21,23-24H,8,12-16,18-20,22H2,1-3H3/t24-/m1/s1. The molecule has 0 bridgehead atoms. The van der Waals surface area contributed by atoms with Crippen molar-refractivity contribution < 1.29 is 9.59 Å². The van der Waals surface area contributed by atoms with Gasteiger partial charge in [-0.25, -0.2) is 4.79 Å². The Balaban J connectivity index is 1.38. The zero-order valence-corrected chi connectivity index (χ0v) is 21.5. The lowest BCUT2D eigenvalue weighted by molar-refractivity contribution is -0.136. The fourth-order valence-corrected chi connectivity index (χ4v) is 5.61. The van der Waals surface area contributed by atoms with Crippen LogP contribution in [0.25, 0.3) is 0 Å². The van der Waals surface area contributed by atoms with Gasteiger partial charge in [-0.1, -0.05) is 50.2 Å². The first-order valence-electron chi connectivity index (χ1n) is 13.2. The minimum Gasteiger partial charge on any atom is -0.309 e. The summed E-state index contributed by atoms with van der Waals surface area (Å²) in [5.41, 5.74) is 1.83. The summed E-state index contributed by atoms with van der Waals surface area (Å²) in [7, 11) is 0. The number of aryl methyl sites for hydroxylation is 2. The van der Waals surface area contributed by atoms with Crippen LogP contribution in [0.2, 0.25) is 0 Å². The lowest BCUT2D eigenvalue weighted by Gasteiger charge is -2.44. The van der Waals surface area contributed by atoms with Crippen molar-refractivity contribution >= 4 is 11.9 Å². The maximum Gasteiger partial charge on any atom is 0.327 e. The molecule has 6 nitrogen and oxygen atoms in total. The number of amides is 3. The van der Waals surface area contributed by atoms with Gasteiger partial charge in [-0.15, -0.1) is 0 Å². The summed E-state index contributed by atoms with van der Waals surface area (Å²) in [5.74, 6) is 0.340. The largest absolute Gasteiger partial charge is 0.327 e. The molecular formula is C29H40N4O2. The smallest absolute Gasteiger partial charge is 0.309 e. The highest BCUT2D eigenvalue weighted by Gasteiger charge is 2.57. The van der Waals surface area contributed by atoms with Gasteiger partial charge >= 0.3 is 6.03 Å². The topological polar surface area (TPSA) is 56.8 Å². The Hall–Kier alpha value is -2.73. The van der Waals surface area contributed by atoms with Crippen LogP contribution in [0.3, 0.4) is 0 Å². The van der Waals surface area contributed by atoms with E-state index in [2.05, 4.69) is 61.0 Å². The number of aromatic nitrogens is 1. The van der Waals surface area contributed by atoms with Crippen molar-refractivity contribution in [1.82, 2.24) is 19.7 Å². The van der Waals surface area contributed by atoms with Crippen molar-refractivity contribution in [2.75, 3.05) is 26.2 Å². The number of carbonyl (C=O) groups excluding carboxylic acids is 2. The number of likely N-dealkylation sites (tertiary alicyclic amines) is 1. The third-order valence-electron chi connectivity index (χ3n) is 7.68. The molecule has 3 amide bonds. The Labute approximate surface area is 210 Å². The van der Waals surface area contributed by atoms with Crippen molar-refractivity contribution in [3.8, 4) is 0 Å². The first-order valence-corrected chi connectivity index (χ1v) is 13.2. The number of piperidine rings is 1. The molecular weight excluding hydrogens is 436 g/mol. The van der Waals surface area contributed by atoms with Crippen LogP contribution >= 0.6 is 0 Å². The molecule has 2 aromatic rings. The van der Waals surface area contributed by atoms with Gasteiger partial charge < -0.3 is 9.80 Å². The number of pyridine rings is 1. The van der Waals surface area contributed by atoms with Crippen LogP contribution in [-0.2, 0) is 17.6 Å². The Morgan fingerprint density at radius 2 is 1.66 bits per heavy atom. The molecule has 3 heterocycles. The third kappa shape index (κ3) is 5.75. The molecule has 2 aliphatic heterocycles. The molecule has 2 saturated heterocycles. The molecule has 1 aromatic carbocycles. The zero-order chi connectivity index (χ0) is 24.8. The quantitative estimate of drug-likeness (QED) is 0.463. The van der Waals surface area contributed by atoms with Gasteiger partial charge in [-0.05, 0) is 68.6 Å². The van der Waals surface area contributed by atoms with Crippen LogP contribution < -0.4 is 0 Å². The number of nitrogens with zero attached hydrogens (tertiary/aromatic N) is 4. The summed E-state index contributed by atoms with van der Waals surface area (Å²) in [5, 5.41) is 0. The van der Waals surface area contributed by atoms with Gasteiger partial charge in [0.25, 0.3) is 5.91 Å². The molecule has 1 spiro atoms. The molecule has 2 aliphatic rings. The van der Waals surface area contributed by atoms with E-state index in [1.54, 1.807) is 6.20 Å². The monoisotopic (exact) mass is 476 g/mol. The second-order valence-electron chi connectivity index (χ2n) is 10.6. The number of hydrogen-bond donors (Lipinski definition) is 0. The molecule has 0 unspecified atom stereocenters. The van der Waals surface area contributed by atoms with Crippen molar-refractivity contribution in [2.24, 2.45) is 5.92 Å². The number of urea groups is 1. The molecule has 188 valence electrons. The van der Waals surface area contributed by atoms with Crippen molar-refractivity contribution in [1.29, 1.82) is 0 Å². The molecule has 4 rings (SSSR count). The maximum atomic E-state index is 13.7. The van der Waals surface area contributed by atoms with Gasteiger partial charge in [-0.3, -0.25) is 14.7 Å². The lowest BCUT2D eigenvalue weighted by Crippen LogP contribution is -2.58. The van der Waals surface area contributed by atoms with E-state index in [0.717, 1.165) is 57.2 Å². The van der Waals surface area contributed by atoms with Crippen LogP contribution in [0.15, 0.2) is 54.9 Å². The van der Waals surface area contributed by atoms with Gasteiger partial charge in [0.2, 0.25) is 0 Å². The van der Waals surface area contributed by atoms with Gasteiger partial charge in [0, 0.05) is 44.6 Å². The normalized spacial score (nSPS) is 19.2. The minimum atomic E-state index is -0.675. The second kappa shape index (κ2) is 11.3. The summed E-state index contributed by atoms with van der Waals surface area (Å²) >= 11 is 0. The molecule has 0 aliphatic carbocycles. The van der Waals surface area contributed by atoms with Gasteiger partial charge in [0.15, 0.2) is 0 Å². The van der Waals surface area contributed by atoms with E-state index in [9.17, 15) is 9.59 Å². The number of carbonyl (C=O) groups is 2. The highest BCUT2D eigenvalue weighted by atomic mass is 16.2. The van der Waals surface area contributed by atoms with E-state index in [0.29, 0.717) is 25.0 Å². The summed E-state index contributed by atoms with van der Waals surface area (Å²) in [4.78, 5) is 37.3. The molecule has 0 saturated carbocycles. The molecule has 1 aromatic heterocycles. The van der Waals surface area contributed by atoms with E-state index < -0.39 is 5.54 Å². The average Bonchev–Trinajstić information content (AvgIpc) is 3.05. The van der Waals surface area contributed by atoms with Crippen molar-refractivity contribution in [3.05, 3.63) is 66.0 Å². The molecule has 2 fully saturated rings. The Kier molecular flexibility index (Phi) is 8.22. The summed E-state index contributed by atoms with van der Waals surface area (Å²) in [6, 6.07) is 15.0. The van der Waals surface area contributed by atoms with Gasteiger partial charge in [0.1, 0.15) is 5.54 Å². The number of benzene rings is 1. The summed E-state index contributed by atoms with van der Waals surface area (Å²) in [6.45, 7) is 9.35. The SMILES string of the molecule is CC(C)CN1C(=O)N(CCCc2cccnc2)C(=O)C12CCN([C@H](C)CCc1ccccc1)CC2. The number of rotatable bonds is 10. The Morgan fingerprint density at radius 1 is 0.943 bits per heavy atom. The van der Waals surface area contributed by atoms with Gasteiger partial charge in [0.05, 0.1) is 0 Å². The first-order chi connectivity index (χ1) is 16.9. The lowest BCUT2D eigenvalue weighted by atomic mass is 9.84. The maximum absolute atomic E-state index is 13.7. The van der Waals surface area contributed by atoms with E-state index in [4.69, 9.17) is 0 Å². The predicted molar refractivity (Wildman–Crippen MR) is 139 cm³/mol. The number of imide groups is 1. The first kappa shape index (κ1) is 25.4. The third-order valence-corrected chi connectivity index (χ3v) is 7.68. The zero-order valence-electron chi connectivity index (χ0n) is 21.5. The predicted octanol–water partition coefficient (Wildman–Crippen LogP) is 4.79. The number of hydrogen-bond acceptors (Lipinski definition) is 4. The minimum absolute atomic E-state index is 0.0194. The fraction of sp³-hybridized carbons (Fsp3) is 0.552. The Morgan fingerprint density at radius 3 is 2.31 bits per heavy atom. The van der Waals surface area contributed by atoms with Crippen LogP contribution in [-0.4, -0.2) is 69.4 Å². The summed E-state index contributed by atoms with van der Waals surface area (Å²) < 4.78 is 0. The van der Waals surface area contributed by atoms with Crippen LogP contribution in [0.5, 0.6) is 0 Å². The summed E-state index contributed by atoms with van der Waals surface area (Å²) in [6.07, 6.45) is 8.80. The molecule has 0 N–H and O–H groups in total. The van der Waals surface area contributed by atoms with Crippen LogP contribution in [0, 0.1) is 5.92 Å². The van der Waals surface area contributed by atoms with Crippen molar-refractivity contribution in [2.45, 2.75) is 70.9 Å². The van der Waals surface area contributed by atoms with Gasteiger partial charge in [-0.2, -0.15) is 0 Å². The van der Waals surface area contributed by atoms with E-state index in [-0.39, 0.29) is 11.9 Å². The molecule has 0 radical (unpaired) electrons. The van der Waals surface area contributed by atoms with Crippen LogP contribution in [0.1, 0.15) is 57.6 Å². The molecule has 1 atom stereocenters. The highest BCUT2D eigenvalue weighted by molar-refractivity contribution is 6.07. The fourth-order valence-electron chi connectivity index (χ4n) is 5.61. The Bertz CT molecular complexity index is 971. The molecule has 6 heteroatoms. The molecule has 35 heavy (non-hydrogen) atoms. The van der Waals surface area contributed by atoms with E-state index in [1.165, 1.54) is 10.5 Å². The second-order valence-corrected chi connectivity index (χ2v) is 10.6. The van der Waals surface area contributed by atoms with Crippen molar-refractivity contribution in [3.63, 3.8) is 0 Å². The highest BCUT2D eigenvalue weighted by Crippen LogP contribution is 2.38. The average molecular weight is 477 g/mol. The van der Waals surface area contributed by atoms with E-state index in [1.807, 2.05) is 23.2 Å².